The summed E-state index contributed by atoms with van der Waals surface area (Å²) in [5.41, 5.74) is 1.55. The molecule has 0 aliphatic rings. The Bertz CT molecular complexity index is 796. The van der Waals surface area contributed by atoms with Gasteiger partial charge in [-0.3, -0.25) is 15.0 Å². The van der Waals surface area contributed by atoms with Crippen LogP contribution in [0.2, 0.25) is 0 Å². The predicted octanol–water partition coefficient (Wildman–Crippen LogP) is 3.95. The van der Waals surface area contributed by atoms with Gasteiger partial charge in [0.05, 0.1) is 5.69 Å². The number of ether oxygens (including phenoxy) is 1. The summed E-state index contributed by atoms with van der Waals surface area (Å²) in [7, 11) is 0. The SMILES string of the molecule is CC(C)CC(O)(CC(C)C)C(=O)NN(C(=O)COc1ccccc1)c1ccccc1. The van der Waals surface area contributed by atoms with Crippen LogP contribution in [0, 0.1) is 11.8 Å². The van der Waals surface area contributed by atoms with E-state index in [4.69, 9.17) is 4.74 Å². The molecule has 0 unspecified atom stereocenters. The van der Waals surface area contributed by atoms with E-state index in [0.717, 1.165) is 5.01 Å². The number of benzene rings is 2. The zero-order chi connectivity index (χ0) is 22.1. The number of para-hydroxylation sites is 2. The first kappa shape index (κ1) is 23.4. The number of aliphatic hydroxyl groups is 1. The van der Waals surface area contributed by atoms with E-state index in [1.54, 1.807) is 36.4 Å². The summed E-state index contributed by atoms with van der Waals surface area (Å²) in [4.78, 5) is 26.0. The molecule has 6 nitrogen and oxygen atoms in total. The maximum absolute atomic E-state index is 13.1. The summed E-state index contributed by atoms with van der Waals surface area (Å²) >= 11 is 0. The average molecular weight is 413 g/mol. The first-order valence-electron chi connectivity index (χ1n) is 10.3. The van der Waals surface area contributed by atoms with Crippen LogP contribution < -0.4 is 15.2 Å². The van der Waals surface area contributed by atoms with E-state index in [2.05, 4.69) is 5.43 Å². The molecule has 0 aliphatic heterocycles. The highest BCUT2D eigenvalue weighted by Gasteiger charge is 2.39. The summed E-state index contributed by atoms with van der Waals surface area (Å²) in [6.45, 7) is 7.55. The fourth-order valence-corrected chi connectivity index (χ4v) is 3.40. The van der Waals surface area contributed by atoms with Crippen molar-refractivity contribution in [2.24, 2.45) is 11.8 Å². The van der Waals surface area contributed by atoms with Crippen molar-refractivity contribution in [3.05, 3.63) is 60.7 Å². The summed E-state index contributed by atoms with van der Waals surface area (Å²) in [5, 5.41) is 12.3. The van der Waals surface area contributed by atoms with Gasteiger partial charge >= 0.3 is 0 Å². The number of nitrogens with one attached hydrogen (secondary N) is 1. The maximum Gasteiger partial charge on any atom is 0.283 e. The molecule has 0 saturated heterocycles. The van der Waals surface area contributed by atoms with E-state index in [-0.39, 0.29) is 18.4 Å². The molecule has 2 N–H and O–H groups in total. The Morgan fingerprint density at radius 2 is 1.43 bits per heavy atom. The van der Waals surface area contributed by atoms with E-state index in [9.17, 15) is 14.7 Å². The third kappa shape index (κ3) is 6.88. The van der Waals surface area contributed by atoms with Gasteiger partial charge in [-0.1, -0.05) is 64.1 Å². The van der Waals surface area contributed by atoms with Crippen molar-refractivity contribution in [2.45, 2.75) is 46.1 Å². The summed E-state index contributed by atoms with van der Waals surface area (Å²) < 4.78 is 5.56. The molecule has 2 aromatic rings. The topological polar surface area (TPSA) is 78.9 Å². The number of carbonyl (C=O) groups excluding carboxylic acids is 2. The fourth-order valence-electron chi connectivity index (χ4n) is 3.40. The Morgan fingerprint density at radius 1 is 0.933 bits per heavy atom. The second-order valence-electron chi connectivity index (χ2n) is 8.33. The maximum atomic E-state index is 13.1. The highest BCUT2D eigenvalue weighted by molar-refractivity contribution is 5.98. The van der Waals surface area contributed by atoms with Gasteiger partial charge in [-0.25, -0.2) is 5.01 Å². The summed E-state index contributed by atoms with van der Waals surface area (Å²) in [6, 6.07) is 17.8. The van der Waals surface area contributed by atoms with Gasteiger partial charge in [-0.2, -0.15) is 0 Å². The van der Waals surface area contributed by atoms with E-state index in [0.29, 0.717) is 24.3 Å². The zero-order valence-corrected chi connectivity index (χ0v) is 18.2. The van der Waals surface area contributed by atoms with Crippen LogP contribution in [0.15, 0.2) is 60.7 Å². The zero-order valence-electron chi connectivity index (χ0n) is 18.2. The number of rotatable bonds is 9. The van der Waals surface area contributed by atoms with Crippen LogP contribution in [0.4, 0.5) is 5.69 Å². The molecular weight excluding hydrogens is 380 g/mol. The fraction of sp³-hybridized carbons (Fsp3) is 0.417. The minimum atomic E-state index is -1.57. The highest BCUT2D eigenvalue weighted by atomic mass is 16.5. The number of hydrogen-bond donors (Lipinski definition) is 2. The Hall–Kier alpha value is -2.86. The summed E-state index contributed by atoms with van der Waals surface area (Å²) in [6.07, 6.45) is 0.600. The molecule has 6 heteroatoms. The van der Waals surface area contributed by atoms with Crippen molar-refractivity contribution in [3.8, 4) is 5.75 Å². The van der Waals surface area contributed by atoms with Gasteiger partial charge in [-0.05, 0) is 48.9 Å². The molecule has 0 spiro atoms. The van der Waals surface area contributed by atoms with E-state index in [1.165, 1.54) is 0 Å². The van der Waals surface area contributed by atoms with Crippen LogP contribution in [0.3, 0.4) is 0 Å². The van der Waals surface area contributed by atoms with E-state index >= 15 is 0 Å². The third-order valence-corrected chi connectivity index (χ3v) is 4.50. The van der Waals surface area contributed by atoms with E-state index in [1.807, 2.05) is 52.0 Å². The number of amides is 2. The molecular formula is C24H32N2O4. The lowest BCUT2D eigenvalue weighted by Gasteiger charge is -2.33. The summed E-state index contributed by atoms with van der Waals surface area (Å²) in [5.74, 6) is -0.262. The highest BCUT2D eigenvalue weighted by Crippen LogP contribution is 2.26. The van der Waals surface area contributed by atoms with Crippen molar-refractivity contribution < 1.29 is 19.4 Å². The van der Waals surface area contributed by atoms with Crippen LogP contribution in [0.5, 0.6) is 5.75 Å². The smallest absolute Gasteiger partial charge is 0.283 e. The molecule has 0 fully saturated rings. The van der Waals surface area contributed by atoms with Gasteiger partial charge in [0.15, 0.2) is 6.61 Å². The van der Waals surface area contributed by atoms with Crippen molar-refractivity contribution in [2.75, 3.05) is 11.6 Å². The van der Waals surface area contributed by atoms with Crippen molar-refractivity contribution >= 4 is 17.5 Å². The second-order valence-corrected chi connectivity index (χ2v) is 8.33. The monoisotopic (exact) mass is 412 g/mol. The van der Waals surface area contributed by atoms with Crippen LogP contribution >= 0.6 is 0 Å². The normalized spacial score (nSPS) is 11.4. The second kappa shape index (κ2) is 10.8. The molecule has 0 aromatic heterocycles. The van der Waals surface area contributed by atoms with Gasteiger partial charge in [0.1, 0.15) is 11.4 Å². The molecule has 30 heavy (non-hydrogen) atoms. The molecule has 2 aromatic carbocycles. The molecule has 0 atom stereocenters. The molecule has 0 saturated carbocycles. The largest absolute Gasteiger partial charge is 0.484 e. The molecule has 0 radical (unpaired) electrons. The quantitative estimate of drug-likeness (QED) is 0.611. The number of hydrogen-bond acceptors (Lipinski definition) is 4. The first-order chi connectivity index (χ1) is 14.2. The lowest BCUT2D eigenvalue weighted by molar-refractivity contribution is -0.145. The Balaban J connectivity index is 2.21. The minimum absolute atomic E-state index is 0.113. The van der Waals surface area contributed by atoms with Gasteiger partial charge < -0.3 is 9.84 Å². The van der Waals surface area contributed by atoms with E-state index < -0.39 is 17.4 Å². The number of nitrogens with zero attached hydrogens (tertiary/aromatic N) is 1. The Labute approximate surface area is 178 Å². The number of anilines is 1. The van der Waals surface area contributed by atoms with Crippen LogP contribution in [-0.2, 0) is 9.59 Å². The molecule has 0 aliphatic carbocycles. The standard InChI is InChI=1S/C24H32N2O4/c1-18(2)15-24(29,16-19(3)4)23(28)25-26(20-11-7-5-8-12-20)22(27)17-30-21-13-9-6-10-14-21/h5-14,18-19,29H,15-17H2,1-4H3,(H,25,28). The molecule has 2 rings (SSSR count). The van der Waals surface area contributed by atoms with Crippen LogP contribution in [0.1, 0.15) is 40.5 Å². The molecule has 2 amide bonds. The van der Waals surface area contributed by atoms with Crippen molar-refractivity contribution in [1.29, 1.82) is 0 Å². The van der Waals surface area contributed by atoms with Crippen LogP contribution in [-0.4, -0.2) is 29.1 Å². The van der Waals surface area contributed by atoms with Crippen LogP contribution in [0.25, 0.3) is 0 Å². The van der Waals surface area contributed by atoms with Crippen molar-refractivity contribution in [1.82, 2.24) is 5.43 Å². The number of carbonyl (C=O) groups is 2. The lowest BCUT2D eigenvalue weighted by atomic mass is 9.84. The van der Waals surface area contributed by atoms with Gasteiger partial charge in [0, 0.05) is 0 Å². The predicted molar refractivity (Wildman–Crippen MR) is 118 cm³/mol. The van der Waals surface area contributed by atoms with Gasteiger partial charge in [-0.15, -0.1) is 0 Å². The number of hydrazine groups is 1. The lowest BCUT2D eigenvalue weighted by Crippen LogP contribution is -2.57. The van der Waals surface area contributed by atoms with Gasteiger partial charge in [0.2, 0.25) is 0 Å². The third-order valence-electron chi connectivity index (χ3n) is 4.50. The molecule has 162 valence electrons. The average Bonchev–Trinajstić information content (AvgIpc) is 2.70. The van der Waals surface area contributed by atoms with Gasteiger partial charge in [0.25, 0.3) is 11.8 Å². The Kier molecular flexibility index (Phi) is 8.42. The minimum Gasteiger partial charge on any atom is -0.484 e. The Morgan fingerprint density at radius 3 is 1.93 bits per heavy atom. The molecule has 0 bridgehead atoms. The first-order valence-corrected chi connectivity index (χ1v) is 10.3. The van der Waals surface area contributed by atoms with Crippen molar-refractivity contribution in [3.63, 3.8) is 0 Å². The molecule has 0 heterocycles.